The summed E-state index contributed by atoms with van der Waals surface area (Å²) in [7, 11) is 0. The third-order valence-corrected chi connectivity index (χ3v) is 3.74. The molecular formula is C16H20N4O8. The van der Waals surface area contributed by atoms with Gasteiger partial charge in [0, 0.05) is 12.2 Å². The fraction of sp³-hybridized carbons (Fsp3) is 0.375. The van der Waals surface area contributed by atoms with Crippen LogP contribution in [0.5, 0.6) is 11.8 Å². The van der Waals surface area contributed by atoms with E-state index in [1.54, 1.807) is 0 Å². The van der Waals surface area contributed by atoms with Gasteiger partial charge in [0.25, 0.3) is 11.8 Å². The number of aliphatic carboxylic acids is 2. The Morgan fingerprint density at radius 1 is 0.821 bits per heavy atom. The molecule has 0 amide bonds. The third kappa shape index (κ3) is 6.10. The zero-order valence-corrected chi connectivity index (χ0v) is 14.7. The number of hydrogen-bond acceptors (Lipinski definition) is 10. The highest BCUT2D eigenvalue weighted by Crippen LogP contribution is 2.22. The Kier molecular flexibility index (Phi) is 7.54. The summed E-state index contributed by atoms with van der Waals surface area (Å²) in [4.78, 5) is 19.1. The predicted octanol–water partition coefficient (Wildman–Crippen LogP) is -0.236. The largest absolute Gasteiger partial charge is 0.491 e. The van der Waals surface area contributed by atoms with Crippen LogP contribution in [0.15, 0.2) is 21.2 Å². The second-order valence-electron chi connectivity index (χ2n) is 5.68. The highest BCUT2D eigenvalue weighted by Gasteiger charge is 2.18. The first kappa shape index (κ1) is 20.9. The summed E-state index contributed by atoms with van der Waals surface area (Å²) in [6.45, 7) is 3.15. The number of aromatic hydroxyl groups is 2. The summed E-state index contributed by atoms with van der Waals surface area (Å²) in [5, 5.41) is 46.8. The van der Waals surface area contributed by atoms with Gasteiger partial charge in [0.1, 0.15) is 0 Å². The van der Waals surface area contributed by atoms with E-state index in [1.807, 2.05) is 0 Å². The Hall–Kier alpha value is -3.38. The molecule has 0 saturated carbocycles. The lowest BCUT2D eigenvalue weighted by Gasteiger charge is -2.08. The van der Waals surface area contributed by atoms with Crippen LogP contribution in [-0.4, -0.2) is 55.8 Å². The maximum atomic E-state index is 9.55. The molecule has 0 spiro atoms. The Bertz CT molecular complexity index is 774. The monoisotopic (exact) mass is 396 g/mol. The summed E-state index contributed by atoms with van der Waals surface area (Å²) in [6, 6.07) is 0. The molecule has 0 atom stereocenters. The molecule has 0 radical (unpaired) electrons. The highest BCUT2D eigenvalue weighted by molar-refractivity contribution is 5.89. The first-order valence-corrected chi connectivity index (χ1v) is 8.26. The van der Waals surface area contributed by atoms with Crippen molar-refractivity contribution < 1.29 is 39.1 Å². The lowest BCUT2D eigenvalue weighted by molar-refractivity contribution is -0.134. The van der Waals surface area contributed by atoms with Gasteiger partial charge in [0.2, 0.25) is 0 Å². The van der Waals surface area contributed by atoms with Crippen molar-refractivity contribution in [2.45, 2.75) is 25.9 Å². The number of nitrogens with one attached hydrogen (secondary N) is 2. The normalized spacial score (nSPS) is 14.7. The second-order valence-corrected chi connectivity index (χ2v) is 5.68. The van der Waals surface area contributed by atoms with Crippen molar-refractivity contribution in [1.29, 1.82) is 0 Å². The summed E-state index contributed by atoms with van der Waals surface area (Å²) in [5.41, 5.74) is 1.72. The number of rotatable bonds is 2. The molecule has 0 unspecified atom stereocenters. The third-order valence-electron chi connectivity index (χ3n) is 3.74. The zero-order valence-electron chi connectivity index (χ0n) is 14.7. The fourth-order valence-corrected chi connectivity index (χ4v) is 2.42. The number of carboxylic acid groups (broad SMARTS) is 2. The number of carbonyl (C=O) groups is 2. The predicted molar refractivity (Wildman–Crippen MR) is 91.6 cm³/mol. The lowest BCUT2D eigenvalue weighted by atomic mass is 10.1. The number of carboxylic acids is 2. The van der Waals surface area contributed by atoms with Gasteiger partial charge in [0.05, 0.1) is 24.2 Å². The van der Waals surface area contributed by atoms with Gasteiger partial charge in [-0.2, -0.15) is 0 Å². The van der Waals surface area contributed by atoms with Gasteiger partial charge in [-0.25, -0.2) is 9.59 Å². The van der Waals surface area contributed by atoms with Crippen molar-refractivity contribution in [2.24, 2.45) is 0 Å². The quantitative estimate of drug-likeness (QED) is 0.366. The van der Waals surface area contributed by atoms with Gasteiger partial charge in [-0.1, -0.05) is 0 Å². The standard InChI is InChI=1S/2C6H8N2O2.C4H4O4/c2*9-6-4-1-2-7-3-5(4)10-8-6;5-3(6)1-2-4(7)8/h2*7H,1-3H2,(H,8,9);1-2H,(H,5,6)(H,7,8)/b;;2-1-. The lowest BCUT2D eigenvalue weighted by Crippen LogP contribution is -2.22. The molecule has 0 saturated heterocycles. The first-order valence-electron chi connectivity index (χ1n) is 8.26. The summed E-state index contributed by atoms with van der Waals surface area (Å²) in [6.07, 6.45) is 2.74. The zero-order chi connectivity index (χ0) is 20.5. The molecule has 4 rings (SSSR count). The molecule has 2 aromatic heterocycles. The maximum Gasteiger partial charge on any atom is 0.328 e. The van der Waals surface area contributed by atoms with Crippen LogP contribution in [0.1, 0.15) is 22.6 Å². The number of hydrogen-bond donors (Lipinski definition) is 6. The molecule has 6 N–H and O–H groups in total. The summed E-state index contributed by atoms with van der Waals surface area (Å²) >= 11 is 0. The van der Waals surface area contributed by atoms with Crippen LogP contribution in [-0.2, 0) is 35.5 Å². The van der Waals surface area contributed by atoms with Gasteiger partial charge >= 0.3 is 11.9 Å². The van der Waals surface area contributed by atoms with Crippen molar-refractivity contribution in [3.8, 4) is 11.8 Å². The molecule has 2 aliphatic heterocycles. The van der Waals surface area contributed by atoms with E-state index in [1.165, 1.54) is 0 Å². The molecule has 0 aliphatic carbocycles. The Morgan fingerprint density at radius 2 is 1.21 bits per heavy atom. The van der Waals surface area contributed by atoms with E-state index >= 15 is 0 Å². The van der Waals surface area contributed by atoms with Crippen LogP contribution in [0.4, 0.5) is 0 Å². The van der Waals surface area contributed by atoms with Crippen LogP contribution in [0.3, 0.4) is 0 Å². The van der Waals surface area contributed by atoms with Crippen LogP contribution in [0, 0.1) is 0 Å². The average molecular weight is 396 g/mol. The molecule has 4 heterocycles. The van der Waals surface area contributed by atoms with Crippen LogP contribution < -0.4 is 10.6 Å². The minimum atomic E-state index is -1.26. The molecular weight excluding hydrogens is 376 g/mol. The van der Waals surface area contributed by atoms with Crippen LogP contribution in [0.2, 0.25) is 0 Å². The molecule has 152 valence electrons. The Balaban J connectivity index is 0.000000152. The van der Waals surface area contributed by atoms with Crippen LogP contribution >= 0.6 is 0 Å². The number of aromatic nitrogens is 2. The van der Waals surface area contributed by atoms with E-state index in [9.17, 15) is 9.59 Å². The Labute approximate surface area is 158 Å². The van der Waals surface area contributed by atoms with Gasteiger partial charge in [0.15, 0.2) is 11.5 Å². The van der Waals surface area contributed by atoms with Crippen molar-refractivity contribution >= 4 is 11.9 Å². The van der Waals surface area contributed by atoms with Crippen molar-refractivity contribution in [1.82, 2.24) is 20.9 Å². The van der Waals surface area contributed by atoms with Crippen molar-refractivity contribution in [2.75, 3.05) is 13.1 Å². The number of fused-ring (bicyclic) bond motifs is 2. The molecule has 2 aromatic rings. The van der Waals surface area contributed by atoms with E-state index in [0.29, 0.717) is 25.2 Å². The van der Waals surface area contributed by atoms with E-state index in [2.05, 4.69) is 20.9 Å². The van der Waals surface area contributed by atoms with Gasteiger partial charge < -0.3 is 40.1 Å². The van der Waals surface area contributed by atoms with E-state index in [0.717, 1.165) is 48.6 Å². The molecule has 0 bridgehead atoms. The van der Waals surface area contributed by atoms with Crippen LogP contribution in [0.25, 0.3) is 0 Å². The van der Waals surface area contributed by atoms with Gasteiger partial charge in [-0.3, -0.25) is 0 Å². The van der Waals surface area contributed by atoms with Crippen molar-refractivity contribution in [3.63, 3.8) is 0 Å². The first-order chi connectivity index (χ1) is 13.4. The van der Waals surface area contributed by atoms with E-state index < -0.39 is 11.9 Å². The fourth-order valence-electron chi connectivity index (χ4n) is 2.42. The number of nitrogens with zero attached hydrogens (tertiary/aromatic N) is 2. The smallest absolute Gasteiger partial charge is 0.328 e. The topological polar surface area (TPSA) is 191 Å². The van der Waals surface area contributed by atoms with Crippen molar-refractivity contribution in [3.05, 3.63) is 34.8 Å². The summed E-state index contributed by atoms with van der Waals surface area (Å²) < 4.78 is 9.65. The van der Waals surface area contributed by atoms with E-state index in [-0.39, 0.29) is 11.8 Å². The van der Waals surface area contributed by atoms with Gasteiger partial charge in [-0.15, -0.1) is 0 Å². The van der Waals surface area contributed by atoms with E-state index in [4.69, 9.17) is 29.5 Å². The van der Waals surface area contributed by atoms with Gasteiger partial charge in [-0.05, 0) is 36.2 Å². The SMILES string of the molecule is O=C(O)/C=C\C(=O)O.Oc1noc2c1CCNC2.Oc1noc2c1CCNC2. The molecule has 12 nitrogen and oxygen atoms in total. The molecule has 0 aromatic carbocycles. The second kappa shape index (κ2) is 10.1. The molecule has 2 aliphatic rings. The molecule has 0 fully saturated rings. The summed E-state index contributed by atoms with van der Waals surface area (Å²) in [5.74, 6) is -0.875. The minimum Gasteiger partial charge on any atom is -0.491 e. The highest BCUT2D eigenvalue weighted by atomic mass is 16.5. The molecule has 28 heavy (non-hydrogen) atoms. The Morgan fingerprint density at radius 3 is 1.54 bits per heavy atom. The maximum absolute atomic E-state index is 9.55. The molecule has 12 heteroatoms. The average Bonchev–Trinajstić information content (AvgIpc) is 3.25. The minimum absolute atomic E-state index is 0.0523.